The van der Waals surface area contributed by atoms with Crippen molar-refractivity contribution in [1.82, 2.24) is 14.3 Å². The van der Waals surface area contributed by atoms with Crippen LogP contribution in [-0.4, -0.2) is 51.7 Å². The lowest BCUT2D eigenvalue weighted by molar-refractivity contribution is 0.0117. The third-order valence-corrected chi connectivity index (χ3v) is 7.31. The van der Waals surface area contributed by atoms with E-state index in [1.807, 2.05) is 61.5 Å². The molecule has 2 atom stereocenters. The molecule has 1 aliphatic rings. The Labute approximate surface area is 223 Å². The minimum Gasteiger partial charge on any atom is -0.508 e. The number of rotatable bonds is 9. The monoisotopic (exact) mass is 513 g/mol. The van der Waals surface area contributed by atoms with Crippen LogP contribution in [0.2, 0.25) is 0 Å². The van der Waals surface area contributed by atoms with E-state index in [0.29, 0.717) is 6.61 Å². The van der Waals surface area contributed by atoms with Gasteiger partial charge < -0.3 is 19.6 Å². The molecular formula is C30H35N5O3. The number of hydrogen-bond acceptors (Lipinski definition) is 6. The van der Waals surface area contributed by atoms with Gasteiger partial charge in [-0.1, -0.05) is 37.3 Å². The van der Waals surface area contributed by atoms with E-state index >= 15 is 0 Å². The van der Waals surface area contributed by atoms with Gasteiger partial charge in [0, 0.05) is 37.6 Å². The van der Waals surface area contributed by atoms with E-state index in [4.69, 9.17) is 4.74 Å². The maximum Gasteiger partial charge on any atom is 0.350 e. The number of anilines is 2. The Bertz CT molecular complexity index is 1360. The molecule has 0 bridgehead atoms. The Morgan fingerprint density at radius 2 is 1.39 bits per heavy atom. The van der Waals surface area contributed by atoms with Gasteiger partial charge in [-0.25, -0.2) is 14.0 Å². The first kappa shape index (κ1) is 25.6. The van der Waals surface area contributed by atoms with E-state index in [9.17, 15) is 9.90 Å². The van der Waals surface area contributed by atoms with Crippen molar-refractivity contribution in [3.63, 3.8) is 0 Å². The Morgan fingerprint density at radius 1 is 0.842 bits per heavy atom. The predicted molar refractivity (Wildman–Crippen MR) is 150 cm³/mol. The fourth-order valence-corrected chi connectivity index (χ4v) is 5.05. The molecule has 38 heavy (non-hydrogen) atoms. The molecule has 0 aliphatic carbocycles. The van der Waals surface area contributed by atoms with Gasteiger partial charge in [0.25, 0.3) is 0 Å². The van der Waals surface area contributed by atoms with Crippen LogP contribution in [0.1, 0.15) is 31.9 Å². The van der Waals surface area contributed by atoms with E-state index in [0.717, 1.165) is 55.2 Å². The van der Waals surface area contributed by atoms with Crippen molar-refractivity contribution in [3.8, 4) is 11.4 Å². The average Bonchev–Trinajstić information content (AvgIpc) is 3.34. The summed E-state index contributed by atoms with van der Waals surface area (Å²) in [5.41, 5.74) is 3.99. The van der Waals surface area contributed by atoms with Crippen LogP contribution in [0.25, 0.3) is 5.69 Å². The van der Waals surface area contributed by atoms with Gasteiger partial charge in [-0.15, -0.1) is 0 Å². The van der Waals surface area contributed by atoms with Crippen molar-refractivity contribution in [2.24, 2.45) is 0 Å². The third kappa shape index (κ3) is 5.60. The lowest BCUT2D eigenvalue weighted by Gasteiger charge is -2.37. The molecule has 0 amide bonds. The van der Waals surface area contributed by atoms with Crippen LogP contribution < -0.4 is 15.5 Å². The van der Waals surface area contributed by atoms with E-state index in [-0.39, 0.29) is 23.6 Å². The molecule has 198 valence electrons. The molecule has 0 saturated carbocycles. The van der Waals surface area contributed by atoms with Gasteiger partial charge in [0.15, 0.2) is 0 Å². The molecule has 2 heterocycles. The van der Waals surface area contributed by atoms with Crippen molar-refractivity contribution in [3.05, 3.63) is 101 Å². The van der Waals surface area contributed by atoms with Crippen molar-refractivity contribution < 1.29 is 9.84 Å². The molecule has 0 radical (unpaired) electrons. The largest absolute Gasteiger partial charge is 0.508 e. The van der Waals surface area contributed by atoms with Crippen molar-refractivity contribution in [2.45, 2.75) is 39.0 Å². The minimum atomic E-state index is -0.165. The number of aromatic nitrogens is 3. The smallest absolute Gasteiger partial charge is 0.350 e. The molecule has 3 aromatic carbocycles. The van der Waals surface area contributed by atoms with Gasteiger partial charge in [-0.3, -0.25) is 0 Å². The lowest BCUT2D eigenvalue weighted by Crippen LogP contribution is -2.46. The molecule has 0 unspecified atom stereocenters. The Hall–Kier alpha value is -4.04. The van der Waals surface area contributed by atoms with Gasteiger partial charge >= 0.3 is 5.69 Å². The second kappa shape index (κ2) is 11.6. The fourth-order valence-electron chi connectivity index (χ4n) is 5.05. The van der Waals surface area contributed by atoms with Gasteiger partial charge in [0.1, 0.15) is 12.1 Å². The molecule has 1 saturated heterocycles. The molecule has 1 aliphatic heterocycles. The molecule has 8 nitrogen and oxygen atoms in total. The Morgan fingerprint density at radius 3 is 1.97 bits per heavy atom. The third-order valence-electron chi connectivity index (χ3n) is 7.31. The first-order chi connectivity index (χ1) is 18.5. The maximum atomic E-state index is 13.3. The highest BCUT2D eigenvalue weighted by Crippen LogP contribution is 2.24. The van der Waals surface area contributed by atoms with Crippen molar-refractivity contribution >= 4 is 11.4 Å². The van der Waals surface area contributed by atoms with E-state index < -0.39 is 0 Å². The zero-order valence-electron chi connectivity index (χ0n) is 22.0. The number of hydrogen-bond donors (Lipinski definition) is 1. The van der Waals surface area contributed by atoms with Gasteiger partial charge in [0.2, 0.25) is 0 Å². The fraction of sp³-hybridized carbons (Fsp3) is 0.333. The zero-order valence-corrected chi connectivity index (χ0v) is 22.0. The zero-order chi connectivity index (χ0) is 26.5. The van der Waals surface area contributed by atoms with Crippen LogP contribution >= 0.6 is 0 Å². The molecule has 1 aromatic heterocycles. The number of piperazine rings is 1. The summed E-state index contributed by atoms with van der Waals surface area (Å²) in [7, 11) is 0. The van der Waals surface area contributed by atoms with E-state index in [2.05, 4.69) is 34.0 Å². The normalized spacial score (nSPS) is 15.4. The molecular weight excluding hydrogens is 478 g/mol. The summed E-state index contributed by atoms with van der Waals surface area (Å²) in [5.74, 6) is 0.285. The van der Waals surface area contributed by atoms with Crippen LogP contribution in [0.15, 0.2) is 90.0 Å². The Balaban J connectivity index is 1.22. The highest BCUT2D eigenvalue weighted by molar-refractivity contribution is 5.54. The van der Waals surface area contributed by atoms with Crippen LogP contribution in [0.4, 0.5) is 11.4 Å². The summed E-state index contributed by atoms with van der Waals surface area (Å²) in [6, 6.07) is 25.3. The molecule has 1 fully saturated rings. The highest BCUT2D eigenvalue weighted by atomic mass is 16.5. The standard InChI is InChI=1S/C30H35N5O3/c1-3-29(23(2)38-21-24-7-5-4-6-8-24)35-30(37)34(22-31-35)27-11-9-25(10-12-27)32-17-19-33(20-18-32)26-13-15-28(36)16-14-26/h4-16,22-23,29,36H,3,17-21H2,1-2H3/t23-,29+/m1/s1. The summed E-state index contributed by atoms with van der Waals surface area (Å²) < 4.78 is 9.24. The molecule has 4 aromatic rings. The molecule has 0 spiro atoms. The van der Waals surface area contributed by atoms with Gasteiger partial charge in [-0.2, -0.15) is 5.10 Å². The molecule has 8 heteroatoms. The van der Waals surface area contributed by atoms with Gasteiger partial charge in [0.05, 0.1) is 24.4 Å². The lowest BCUT2D eigenvalue weighted by atomic mass is 10.1. The summed E-state index contributed by atoms with van der Waals surface area (Å²) in [6.45, 7) is 8.16. The number of aromatic hydroxyl groups is 1. The topological polar surface area (TPSA) is 75.8 Å². The number of phenols is 1. The van der Waals surface area contributed by atoms with E-state index in [1.54, 1.807) is 27.7 Å². The number of phenolic OH excluding ortho intramolecular Hbond substituents is 1. The number of ether oxygens (including phenoxy) is 1. The predicted octanol–water partition coefficient (Wildman–Crippen LogP) is 4.62. The summed E-state index contributed by atoms with van der Waals surface area (Å²) >= 11 is 0. The maximum absolute atomic E-state index is 13.3. The quantitative estimate of drug-likeness (QED) is 0.352. The van der Waals surface area contributed by atoms with Crippen LogP contribution in [0.3, 0.4) is 0 Å². The first-order valence-corrected chi connectivity index (χ1v) is 13.2. The summed E-state index contributed by atoms with van der Waals surface area (Å²) in [4.78, 5) is 18.0. The van der Waals surface area contributed by atoms with Crippen molar-refractivity contribution in [2.75, 3.05) is 36.0 Å². The SMILES string of the molecule is CC[C@@H]([C@@H](C)OCc1ccccc1)n1ncn(-c2ccc(N3CCN(c4ccc(O)cc4)CC3)cc2)c1=O. The average molecular weight is 514 g/mol. The van der Waals surface area contributed by atoms with Crippen LogP contribution in [0, 0.1) is 0 Å². The van der Waals surface area contributed by atoms with Crippen LogP contribution in [0.5, 0.6) is 5.75 Å². The first-order valence-electron chi connectivity index (χ1n) is 13.2. The second-order valence-electron chi connectivity index (χ2n) is 9.71. The van der Waals surface area contributed by atoms with E-state index in [1.165, 1.54) is 0 Å². The second-order valence-corrected chi connectivity index (χ2v) is 9.71. The number of nitrogens with zero attached hydrogens (tertiary/aromatic N) is 5. The van der Waals surface area contributed by atoms with Gasteiger partial charge in [-0.05, 0) is 67.4 Å². The van der Waals surface area contributed by atoms with Crippen molar-refractivity contribution in [1.29, 1.82) is 0 Å². The van der Waals surface area contributed by atoms with Crippen LogP contribution in [-0.2, 0) is 11.3 Å². The molecule has 5 rings (SSSR count). The minimum absolute atomic E-state index is 0.156. The highest BCUT2D eigenvalue weighted by Gasteiger charge is 2.23. The summed E-state index contributed by atoms with van der Waals surface area (Å²) in [6.07, 6.45) is 2.17. The molecule has 1 N–H and O–H groups in total. The summed E-state index contributed by atoms with van der Waals surface area (Å²) in [5, 5.41) is 14.0. The Kier molecular flexibility index (Phi) is 7.79. The number of benzene rings is 3.